The second kappa shape index (κ2) is 7.66. The monoisotopic (exact) mass is 398 g/mol. The molecule has 0 saturated carbocycles. The Morgan fingerprint density at radius 3 is 2.79 bits per heavy atom. The van der Waals surface area contributed by atoms with Crippen LogP contribution in [0.15, 0.2) is 75.0 Å². The van der Waals surface area contributed by atoms with Crippen molar-refractivity contribution in [1.82, 2.24) is 9.55 Å². The third kappa shape index (κ3) is 3.79. The van der Waals surface area contributed by atoms with E-state index in [9.17, 15) is 9.59 Å². The van der Waals surface area contributed by atoms with Gasteiger partial charge in [0.05, 0.1) is 12.8 Å². The summed E-state index contributed by atoms with van der Waals surface area (Å²) in [7, 11) is 0. The number of nitrogens with zero attached hydrogens (tertiary/aromatic N) is 1. The van der Waals surface area contributed by atoms with E-state index in [1.54, 1.807) is 30.5 Å². The molecular weight excluding hydrogens is 384 g/mol. The number of rotatable bonds is 6. The van der Waals surface area contributed by atoms with Gasteiger partial charge in [-0.3, -0.25) is 14.3 Å². The number of hydrogen-bond acceptors (Lipinski definition) is 5. The van der Waals surface area contributed by atoms with Crippen LogP contribution in [-0.4, -0.2) is 16.2 Å². The lowest BCUT2D eigenvalue weighted by Gasteiger charge is -2.13. The van der Waals surface area contributed by atoms with Crippen LogP contribution in [0.2, 0.25) is 5.02 Å². The van der Waals surface area contributed by atoms with Crippen LogP contribution >= 0.6 is 11.6 Å². The molecule has 2 aromatic heterocycles. The molecule has 0 atom stereocenters. The van der Waals surface area contributed by atoms with Crippen molar-refractivity contribution < 1.29 is 13.9 Å². The molecule has 0 aliphatic rings. The van der Waals surface area contributed by atoms with Crippen molar-refractivity contribution in [1.29, 1.82) is 0 Å². The molecule has 0 spiro atoms. The molecular formula is C20H15ClN2O5. The lowest BCUT2D eigenvalue weighted by molar-refractivity contribution is 0.283. The van der Waals surface area contributed by atoms with Gasteiger partial charge in [0.1, 0.15) is 6.61 Å². The van der Waals surface area contributed by atoms with Crippen LogP contribution in [0.5, 0.6) is 17.2 Å². The molecule has 7 nitrogen and oxygen atoms in total. The Labute approximate surface area is 163 Å². The van der Waals surface area contributed by atoms with Gasteiger partial charge in [-0.05, 0) is 24.3 Å². The number of fused-ring (bicyclic) bond motifs is 1. The van der Waals surface area contributed by atoms with E-state index >= 15 is 0 Å². The summed E-state index contributed by atoms with van der Waals surface area (Å²) in [5, 5.41) is 1.41. The Hall–Kier alpha value is -3.45. The molecule has 0 amide bonds. The number of para-hydroxylation sites is 1. The van der Waals surface area contributed by atoms with Gasteiger partial charge in [0, 0.05) is 28.7 Å². The Kier molecular flexibility index (Phi) is 4.90. The molecule has 0 saturated heterocycles. The van der Waals surface area contributed by atoms with Crippen LogP contribution in [0.25, 0.3) is 11.0 Å². The first-order valence-electron chi connectivity index (χ1n) is 8.46. The van der Waals surface area contributed by atoms with Gasteiger partial charge in [-0.2, -0.15) is 0 Å². The highest BCUT2D eigenvalue weighted by Gasteiger charge is 2.11. The predicted molar refractivity (Wildman–Crippen MR) is 105 cm³/mol. The van der Waals surface area contributed by atoms with E-state index in [-0.39, 0.29) is 13.2 Å². The highest BCUT2D eigenvalue weighted by Crippen LogP contribution is 2.37. The smallest absolute Gasteiger partial charge is 0.328 e. The minimum Gasteiger partial charge on any atom is -0.488 e. The molecule has 0 fully saturated rings. The average Bonchev–Trinajstić information content (AvgIpc) is 3.15. The number of ether oxygens (including phenoxy) is 2. The van der Waals surface area contributed by atoms with Gasteiger partial charge in [-0.1, -0.05) is 23.7 Å². The van der Waals surface area contributed by atoms with Crippen LogP contribution in [0, 0.1) is 0 Å². The molecule has 0 unspecified atom stereocenters. The largest absolute Gasteiger partial charge is 0.488 e. The maximum Gasteiger partial charge on any atom is 0.328 e. The van der Waals surface area contributed by atoms with Crippen LogP contribution in [0.4, 0.5) is 0 Å². The zero-order valence-corrected chi connectivity index (χ0v) is 15.3. The molecule has 1 N–H and O–H groups in total. The van der Waals surface area contributed by atoms with Crippen molar-refractivity contribution in [3.63, 3.8) is 0 Å². The van der Waals surface area contributed by atoms with Crippen LogP contribution in [-0.2, 0) is 6.54 Å². The fourth-order valence-corrected chi connectivity index (χ4v) is 2.88. The molecule has 2 aromatic carbocycles. The summed E-state index contributed by atoms with van der Waals surface area (Å²) in [6, 6.07) is 13.7. The van der Waals surface area contributed by atoms with Gasteiger partial charge in [0.2, 0.25) is 0 Å². The van der Waals surface area contributed by atoms with Gasteiger partial charge in [-0.25, -0.2) is 4.79 Å². The fourth-order valence-electron chi connectivity index (χ4n) is 2.72. The minimum atomic E-state index is -0.497. The first-order chi connectivity index (χ1) is 13.6. The van der Waals surface area contributed by atoms with Crippen molar-refractivity contribution in [2.45, 2.75) is 6.54 Å². The number of benzene rings is 2. The zero-order chi connectivity index (χ0) is 19.5. The van der Waals surface area contributed by atoms with Crippen molar-refractivity contribution in [2.24, 2.45) is 0 Å². The van der Waals surface area contributed by atoms with Crippen molar-refractivity contribution in [3.8, 4) is 17.2 Å². The molecule has 4 rings (SSSR count). The standard InChI is InChI=1S/C20H15ClN2O5/c21-14-4-5-15(28-16-3-1-2-13-7-10-27-19(13)16)17(12-14)26-11-9-23-8-6-18(24)22-20(23)25/h1-8,10,12H,9,11H2,(H,22,24,25). The first-order valence-corrected chi connectivity index (χ1v) is 8.84. The topological polar surface area (TPSA) is 86.5 Å². The Morgan fingerprint density at radius 1 is 1.04 bits per heavy atom. The summed E-state index contributed by atoms with van der Waals surface area (Å²) in [4.78, 5) is 25.1. The van der Waals surface area contributed by atoms with Crippen LogP contribution in [0.3, 0.4) is 0 Å². The van der Waals surface area contributed by atoms with Gasteiger partial charge < -0.3 is 13.9 Å². The van der Waals surface area contributed by atoms with Crippen LogP contribution in [0.1, 0.15) is 0 Å². The maximum atomic E-state index is 11.7. The third-order valence-electron chi connectivity index (χ3n) is 4.06. The lowest BCUT2D eigenvalue weighted by Crippen LogP contribution is -2.30. The summed E-state index contributed by atoms with van der Waals surface area (Å²) >= 11 is 6.09. The Bertz CT molecular complexity index is 1240. The number of H-pyrrole nitrogens is 1. The Morgan fingerprint density at radius 2 is 1.93 bits per heavy atom. The fraction of sp³-hybridized carbons (Fsp3) is 0.100. The lowest BCUT2D eigenvalue weighted by atomic mass is 10.2. The Balaban J connectivity index is 1.54. The quantitative estimate of drug-likeness (QED) is 0.533. The summed E-state index contributed by atoms with van der Waals surface area (Å²) in [5.41, 5.74) is -0.314. The summed E-state index contributed by atoms with van der Waals surface area (Å²) in [5.74, 6) is 1.43. The second-order valence-corrected chi connectivity index (χ2v) is 6.38. The van der Waals surface area contributed by atoms with Gasteiger partial charge in [-0.15, -0.1) is 0 Å². The van der Waals surface area contributed by atoms with Crippen molar-refractivity contribution in [3.05, 3.63) is 86.9 Å². The molecule has 0 bridgehead atoms. The molecule has 2 heterocycles. The van der Waals surface area contributed by atoms with E-state index in [0.29, 0.717) is 27.9 Å². The molecule has 8 heteroatoms. The van der Waals surface area contributed by atoms with E-state index in [2.05, 4.69) is 4.98 Å². The molecule has 0 radical (unpaired) electrons. The second-order valence-electron chi connectivity index (χ2n) is 5.94. The minimum absolute atomic E-state index is 0.174. The third-order valence-corrected chi connectivity index (χ3v) is 4.29. The molecule has 0 aliphatic carbocycles. The summed E-state index contributed by atoms with van der Waals surface area (Å²) < 4.78 is 18.6. The normalized spacial score (nSPS) is 10.9. The number of hydrogen-bond donors (Lipinski definition) is 1. The van der Waals surface area contributed by atoms with E-state index in [1.165, 1.54) is 16.8 Å². The highest BCUT2D eigenvalue weighted by atomic mass is 35.5. The zero-order valence-electron chi connectivity index (χ0n) is 14.6. The van der Waals surface area contributed by atoms with Gasteiger partial charge in [0.25, 0.3) is 5.56 Å². The van der Waals surface area contributed by atoms with Crippen LogP contribution < -0.4 is 20.7 Å². The number of aromatic nitrogens is 2. The number of furan rings is 1. The predicted octanol–water partition coefficient (Wildman–Crippen LogP) is 3.81. The summed E-state index contributed by atoms with van der Waals surface area (Å²) in [6.45, 7) is 0.420. The van der Waals surface area contributed by atoms with E-state index in [1.807, 2.05) is 18.2 Å². The first kappa shape index (κ1) is 17.9. The number of halogens is 1. The molecule has 28 heavy (non-hydrogen) atoms. The summed E-state index contributed by atoms with van der Waals surface area (Å²) in [6.07, 6.45) is 3.01. The van der Waals surface area contributed by atoms with E-state index in [4.69, 9.17) is 25.5 Å². The van der Waals surface area contributed by atoms with Gasteiger partial charge in [0.15, 0.2) is 22.8 Å². The SMILES string of the molecule is O=c1ccn(CCOc2cc(Cl)ccc2Oc2cccc3ccoc23)c(=O)[nH]1. The van der Waals surface area contributed by atoms with E-state index in [0.717, 1.165) is 5.39 Å². The van der Waals surface area contributed by atoms with Crippen molar-refractivity contribution in [2.75, 3.05) is 6.61 Å². The van der Waals surface area contributed by atoms with Gasteiger partial charge >= 0.3 is 5.69 Å². The molecule has 0 aliphatic heterocycles. The number of nitrogens with one attached hydrogen (secondary N) is 1. The average molecular weight is 399 g/mol. The van der Waals surface area contributed by atoms with Crippen molar-refractivity contribution >= 4 is 22.6 Å². The molecule has 4 aromatic rings. The van der Waals surface area contributed by atoms with E-state index < -0.39 is 11.2 Å². The number of aromatic amines is 1. The highest BCUT2D eigenvalue weighted by molar-refractivity contribution is 6.30. The maximum absolute atomic E-state index is 11.7. The molecule has 142 valence electrons.